The van der Waals surface area contributed by atoms with Crippen LogP contribution in [0.2, 0.25) is 0 Å². The van der Waals surface area contributed by atoms with Gasteiger partial charge in [-0.2, -0.15) is 0 Å². The van der Waals surface area contributed by atoms with Gasteiger partial charge in [0.1, 0.15) is 0 Å². The number of rotatable bonds is 5. The molecule has 0 radical (unpaired) electrons. The van der Waals surface area contributed by atoms with Crippen LogP contribution in [-0.4, -0.2) is 6.54 Å². The number of benzene rings is 1. The molecule has 3 heteroatoms. The summed E-state index contributed by atoms with van der Waals surface area (Å²) in [5.74, 6) is 0.694. The number of nitrogens with one attached hydrogen (secondary N) is 1. The summed E-state index contributed by atoms with van der Waals surface area (Å²) in [5, 5.41) is 3.68. The second-order valence-electron chi connectivity index (χ2n) is 5.78. The molecule has 0 amide bonds. The molecule has 0 spiro atoms. The molecule has 1 N–H and O–H groups in total. The molecule has 0 saturated carbocycles. The molecule has 2 atom stereocenters. The summed E-state index contributed by atoms with van der Waals surface area (Å²) in [7, 11) is 0. The molecule has 1 aliphatic rings. The van der Waals surface area contributed by atoms with Crippen molar-refractivity contribution in [3.05, 3.63) is 56.2 Å². The summed E-state index contributed by atoms with van der Waals surface area (Å²) >= 11 is 5.45. The number of hydrogen-bond acceptors (Lipinski definition) is 2. The maximum absolute atomic E-state index is 3.68. The largest absolute Gasteiger partial charge is 0.310 e. The lowest BCUT2D eigenvalue weighted by Gasteiger charge is -2.29. The topological polar surface area (TPSA) is 12.0 Å². The van der Waals surface area contributed by atoms with Gasteiger partial charge in [-0.15, -0.1) is 11.3 Å². The highest BCUT2D eigenvalue weighted by Gasteiger charge is 2.24. The van der Waals surface area contributed by atoms with Gasteiger partial charge in [0, 0.05) is 10.9 Å². The van der Waals surface area contributed by atoms with E-state index in [9.17, 15) is 0 Å². The number of halogens is 1. The Balaban J connectivity index is 1.80. The first kappa shape index (κ1) is 15.3. The van der Waals surface area contributed by atoms with E-state index in [1.807, 2.05) is 11.3 Å². The van der Waals surface area contributed by atoms with Crippen LogP contribution in [0.1, 0.15) is 54.1 Å². The zero-order valence-corrected chi connectivity index (χ0v) is 14.8. The van der Waals surface area contributed by atoms with Gasteiger partial charge in [0.05, 0.1) is 3.79 Å². The molecule has 1 aliphatic carbocycles. The van der Waals surface area contributed by atoms with Gasteiger partial charge in [-0.25, -0.2) is 0 Å². The lowest BCUT2D eigenvalue weighted by Crippen LogP contribution is -2.23. The molecular weight excluding hydrogens is 342 g/mol. The average molecular weight is 364 g/mol. The molecule has 112 valence electrons. The summed E-state index contributed by atoms with van der Waals surface area (Å²) < 4.78 is 1.23. The van der Waals surface area contributed by atoms with Crippen molar-refractivity contribution in [2.24, 2.45) is 0 Å². The molecule has 1 aromatic heterocycles. The Morgan fingerprint density at radius 1 is 1.29 bits per heavy atom. The van der Waals surface area contributed by atoms with E-state index in [-0.39, 0.29) is 0 Å². The van der Waals surface area contributed by atoms with Crippen LogP contribution in [0.3, 0.4) is 0 Å². The number of thiophene rings is 1. The Bertz CT molecular complexity index is 592. The third-order valence-corrected chi connectivity index (χ3v) is 6.14. The maximum atomic E-state index is 3.68. The van der Waals surface area contributed by atoms with E-state index in [1.54, 1.807) is 11.1 Å². The lowest BCUT2D eigenvalue weighted by atomic mass is 9.79. The van der Waals surface area contributed by atoms with Gasteiger partial charge < -0.3 is 5.32 Å². The van der Waals surface area contributed by atoms with Crippen molar-refractivity contribution in [1.82, 2.24) is 5.32 Å². The van der Waals surface area contributed by atoms with Gasteiger partial charge in [-0.1, -0.05) is 31.2 Å². The third kappa shape index (κ3) is 3.58. The van der Waals surface area contributed by atoms with Crippen LogP contribution in [-0.2, 0) is 6.42 Å². The Hall–Kier alpha value is -0.640. The summed E-state index contributed by atoms with van der Waals surface area (Å²) in [5.41, 5.74) is 3.15. The average Bonchev–Trinajstić information content (AvgIpc) is 2.94. The van der Waals surface area contributed by atoms with E-state index in [2.05, 4.69) is 64.6 Å². The van der Waals surface area contributed by atoms with Crippen molar-refractivity contribution < 1.29 is 0 Å². The van der Waals surface area contributed by atoms with E-state index in [1.165, 1.54) is 34.3 Å². The molecule has 0 saturated heterocycles. The van der Waals surface area contributed by atoms with Crippen molar-refractivity contribution in [2.75, 3.05) is 6.54 Å². The van der Waals surface area contributed by atoms with Crippen LogP contribution in [0.5, 0.6) is 0 Å². The second kappa shape index (κ2) is 7.08. The second-order valence-corrected chi connectivity index (χ2v) is 8.27. The molecule has 0 fully saturated rings. The first-order valence-electron chi connectivity index (χ1n) is 7.84. The lowest BCUT2D eigenvalue weighted by molar-refractivity contribution is 0.430. The molecular formula is C18H22BrNS. The summed E-state index contributed by atoms with van der Waals surface area (Å²) in [4.78, 5) is 1.45. The van der Waals surface area contributed by atoms with Gasteiger partial charge in [0.2, 0.25) is 0 Å². The molecule has 2 aromatic rings. The summed E-state index contributed by atoms with van der Waals surface area (Å²) in [6.07, 6.45) is 5.11. The van der Waals surface area contributed by atoms with Gasteiger partial charge in [0.15, 0.2) is 0 Å². The highest BCUT2D eigenvalue weighted by atomic mass is 79.9. The zero-order valence-electron chi connectivity index (χ0n) is 12.4. The smallest absolute Gasteiger partial charge is 0.0701 e. The minimum atomic E-state index is 0.474. The third-order valence-electron chi connectivity index (χ3n) is 4.40. The molecule has 0 aliphatic heterocycles. The van der Waals surface area contributed by atoms with Gasteiger partial charge in [-0.3, -0.25) is 0 Å². The van der Waals surface area contributed by atoms with Crippen LogP contribution in [0.15, 0.2) is 40.2 Å². The van der Waals surface area contributed by atoms with Crippen molar-refractivity contribution in [3.63, 3.8) is 0 Å². The standard InChI is InChI=1S/C18H22BrNS/c1-2-20-16(17-10-11-18(19)21-17)12-14-8-5-7-13-6-3-4-9-15(13)14/h3-4,6,9-11,14,16,20H,2,5,7-8,12H2,1H3. The van der Waals surface area contributed by atoms with Crippen LogP contribution in [0, 0.1) is 0 Å². The molecule has 0 bridgehead atoms. The fourth-order valence-corrected chi connectivity index (χ4v) is 4.96. The summed E-state index contributed by atoms with van der Waals surface area (Å²) in [6, 6.07) is 13.9. The first-order valence-corrected chi connectivity index (χ1v) is 9.45. The van der Waals surface area contributed by atoms with E-state index in [0.29, 0.717) is 12.0 Å². The Morgan fingerprint density at radius 3 is 2.90 bits per heavy atom. The molecule has 21 heavy (non-hydrogen) atoms. The van der Waals surface area contributed by atoms with Crippen LogP contribution >= 0.6 is 27.3 Å². The van der Waals surface area contributed by atoms with Crippen LogP contribution in [0.25, 0.3) is 0 Å². The highest BCUT2D eigenvalue weighted by Crippen LogP contribution is 2.39. The molecule has 1 heterocycles. The normalized spacial score (nSPS) is 19.2. The maximum Gasteiger partial charge on any atom is 0.0701 e. The van der Waals surface area contributed by atoms with Crippen molar-refractivity contribution in [2.45, 2.75) is 44.6 Å². The molecule has 1 aromatic carbocycles. The van der Waals surface area contributed by atoms with Crippen molar-refractivity contribution >= 4 is 27.3 Å². The monoisotopic (exact) mass is 363 g/mol. The van der Waals surface area contributed by atoms with E-state index in [0.717, 1.165) is 6.54 Å². The van der Waals surface area contributed by atoms with E-state index >= 15 is 0 Å². The fourth-order valence-electron chi connectivity index (χ4n) is 3.45. The SMILES string of the molecule is CCNC(CC1CCCc2ccccc21)c1ccc(Br)s1. The van der Waals surface area contributed by atoms with Crippen LogP contribution in [0.4, 0.5) is 0 Å². The fraction of sp³-hybridized carbons (Fsp3) is 0.444. The van der Waals surface area contributed by atoms with E-state index in [4.69, 9.17) is 0 Å². The van der Waals surface area contributed by atoms with Gasteiger partial charge >= 0.3 is 0 Å². The predicted molar refractivity (Wildman–Crippen MR) is 95.2 cm³/mol. The summed E-state index contributed by atoms with van der Waals surface area (Å²) in [6.45, 7) is 3.22. The minimum absolute atomic E-state index is 0.474. The minimum Gasteiger partial charge on any atom is -0.310 e. The zero-order chi connectivity index (χ0) is 14.7. The van der Waals surface area contributed by atoms with E-state index < -0.39 is 0 Å². The molecule has 1 nitrogen and oxygen atoms in total. The molecule has 3 rings (SSSR count). The van der Waals surface area contributed by atoms with Crippen molar-refractivity contribution in [3.8, 4) is 0 Å². The predicted octanol–water partition coefficient (Wildman–Crippen LogP) is 5.67. The highest BCUT2D eigenvalue weighted by molar-refractivity contribution is 9.11. The van der Waals surface area contributed by atoms with Gasteiger partial charge in [-0.05, 0) is 77.3 Å². The number of fused-ring (bicyclic) bond motifs is 1. The number of aryl methyl sites for hydroxylation is 1. The molecule has 2 unspecified atom stereocenters. The first-order chi connectivity index (χ1) is 10.3. The Kier molecular flexibility index (Phi) is 5.15. The van der Waals surface area contributed by atoms with Gasteiger partial charge in [0.25, 0.3) is 0 Å². The Morgan fingerprint density at radius 2 is 2.14 bits per heavy atom. The quantitative estimate of drug-likeness (QED) is 0.721. The van der Waals surface area contributed by atoms with Crippen molar-refractivity contribution in [1.29, 1.82) is 0 Å². The number of hydrogen-bond donors (Lipinski definition) is 1. The van der Waals surface area contributed by atoms with Crippen LogP contribution < -0.4 is 5.32 Å². The Labute approximate surface area is 139 Å².